The van der Waals surface area contributed by atoms with Gasteiger partial charge in [-0.05, 0) is 44.4 Å². The first-order valence-corrected chi connectivity index (χ1v) is 10.9. The molecule has 0 aromatic heterocycles. The van der Waals surface area contributed by atoms with E-state index in [4.69, 9.17) is 0 Å². The van der Waals surface area contributed by atoms with Crippen LogP contribution in [-0.2, 0) is 9.59 Å². The van der Waals surface area contributed by atoms with Gasteiger partial charge in [0.05, 0.1) is 12.1 Å². The Kier molecular flexibility index (Phi) is 8.64. The van der Waals surface area contributed by atoms with Crippen molar-refractivity contribution in [1.82, 2.24) is 16.0 Å². The summed E-state index contributed by atoms with van der Waals surface area (Å²) in [5.41, 5.74) is 0.968. The van der Waals surface area contributed by atoms with Gasteiger partial charge in [0.25, 0.3) is 11.8 Å². The number of unbranched alkanes of at least 4 members (excludes halogenated alkanes) is 1. The van der Waals surface area contributed by atoms with Crippen molar-refractivity contribution in [3.05, 3.63) is 30.3 Å². The lowest BCUT2D eigenvalue weighted by atomic mass is 9.95. The maximum Gasteiger partial charge on any atom is 0.268 e. The molecule has 0 atom stereocenters. The van der Waals surface area contributed by atoms with Crippen LogP contribution in [0.1, 0.15) is 51.4 Å². The van der Waals surface area contributed by atoms with E-state index in [0.29, 0.717) is 18.3 Å². The molecular weight excluding hydrogens is 366 g/mol. The smallest absolute Gasteiger partial charge is 0.268 e. The molecule has 0 bridgehead atoms. The fraction of sp³-hybridized carbons (Fsp3) is 0.591. The summed E-state index contributed by atoms with van der Waals surface area (Å²) in [6.07, 6.45) is 8.71. The molecule has 1 saturated carbocycles. The average molecular weight is 400 g/mol. The van der Waals surface area contributed by atoms with Gasteiger partial charge < -0.3 is 16.0 Å². The molecule has 2 amide bonds. The fourth-order valence-electron chi connectivity index (χ4n) is 3.80. The van der Waals surface area contributed by atoms with Gasteiger partial charge in [0.1, 0.15) is 5.71 Å². The average Bonchev–Trinajstić information content (AvgIpc) is 3.15. The van der Waals surface area contributed by atoms with Gasteiger partial charge in [-0.25, -0.2) is 0 Å². The number of hydrazone groups is 1. The molecule has 0 radical (unpaired) electrons. The highest BCUT2D eigenvalue weighted by molar-refractivity contribution is 6.44. The first kappa shape index (κ1) is 21.5. The van der Waals surface area contributed by atoms with Gasteiger partial charge >= 0.3 is 0 Å². The van der Waals surface area contributed by atoms with Crippen LogP contribution in [0, 0.1) is 0 Å². The van der Waals surface area contributed by atoms with E-state index in [0.717, 1.165) is 32.5 Å². The van der Waals surface area contributed by atoms with Crippen molar-refractivity contribution in [1.29, 1.82) is 0 Å². The molecule has 1 aliphatic carbocycles. The van der Waals surface area contributed by atoms with Crippen LogP contribution in [0.3, 0.4) is 0 Å². The minimum absolute atomic E-state index is 0.0519. The van der Waals surface area contributed by atoms with E-state index in [1.807, 2.05) is 18.2 Å². The van der Waals surface area contributed by atoms with E-state index in [-0.39, 0.29) is 23.9 Å². The minimum Gasteiger partial charge on any atom is -0.351 e. The summed E-state index contributed by atoms with van der Waals surface area (Å²) in [6, 6.07) is 9.89. The van der Waals surface area contributed by atoms with Crippen molar-refractivity contribution in [2.75, 3.05) is 31.2 Å². The zero-order chi connectivity index (χ0) is 20.3. The van der Waals surface area contributed by atoms with E-state index < -0.39 is 0 Å². The number of anilines is 1. The molecule has 158 valence electrons. The van der Waals surface area contributed by atoms with Crippen LogP contribution in [0.25, 0.3) is 0 Å². The Morgan fingerprint density at radius 3 is 2.55 bits per heavy atom. The van der Waals surface area contributed by atoms with Gasteiger partial charge in [-0.3, -0.25) is 9.59 Å². The Balaban J connectivity index is 1.23. The van der Waals surface area contributed by atoms with Gasteiger partial charge in [-0.15, -0.1) is 0 Å². The maximum atomic E-state index is 12.2. The number of carbonyl (C=O) groups excluding carboxylic acids is 2. The van der Waals surface area contributed by atoms with Crippen LogP contribution in [0.2, 0.25) is 0 Å². The SMILES string of the molecule is O=C(NCCCCNCCNC1CCCCC1)C1=NN(c2ccccc2)C(=O)C1. The molecule has 29 heavy (non-hydrogen) atoms. The maximum absolute atomic E-state index is 12.2. The molecule has 7 nitrogen and oxygen atoms in total. The number of benzene rings is 1. The largest absolute Gasteiger partial charge is 0.351 e. The third-order valence-electron chi connectivity index (χ3n) is 5.44. The van der Waals surface area contributed by atoms with E-state index in [9.17, 15) is 9.59 Å². The van der Waals surface area contributed by atoms with Crippen LogP contribution < -0.4 is 21.0 Å². The first-order valence-electron chi connectivity index (χ1n) is 10.9. The molecule has 0 saturated heterocycles. The molecule has 2 aliphatic rings. The van der Waals surface area contributed by atoms with Crippen molar-refractivity contribution in [2.24, 2.45) is 5.10 Å². The lowest BCUT2D eigenvalue weighted by Crippen LogP contribution is -2.36. The van der Waals surface area contributed by atoms with E-state index in [1.165, 1.54) is 37.1 Å². The minimum atomic E-state index is -0.249. The van der Waals surface area contributed by atoms with Crippen LogP contribution in [0.5, 0.6) is 0 Å². The van der Waals surface area contributed by atoms with Gasteiger partial charge in [0.15, 0.2) is 0 Å². The first-order chi connectivity index (χ1) is 14.2. The molecule has 3 N–H and O–H groups in total. The number of rotatable bonds is 11. The number of para-hydroxylation sites is 1. The summed E-state index contributed by atoms with van der Waals surface area (Å²) in [5.74, 6) is -0.422. The van der Waals surface area contributed by atoms with Gasteiger partial charge in [0, 0.05) is 25.7 Å². The summed E-state index contributed by atoms with van der Waals surface area (Å²) < 4.78 is 0. The normalized spacial score (nSPS) is 17.4. The molecule has 1 fully saturated rings. The summed E-state index contributed by atoms with van der Waals surface area (Å²) in [7, 11) is 0. The van der Waals surface area contributed by atoms with Crippen molar-refractivity contribution >= 4 is 23.2 Å². The topological polar surface area (TPSA) is 85.8 Å². The Morgan fingerprint density at radius 1 is 1.00 bits per heavy atom. The second-order valence-electron chi connectivity index (χ2n) is 7.77. The zero-order valence-corrected chi connectivity index (χ0v) is 17.2. The highest BCUT2D eigenvalue weighted by atomic mass is 16.2. The molecular formula is C22H33N5O2. The van der Waals surface area contributed by atoms with Gasteiger partial charge in [-0.2, -0.15) is 10.1 Å². The lowest BCUT2D eigenvalue weighted by Gasteiger charge is -2.22. The fourth-order valence-corrected chi connectivity index (χ4v) is 3.80. The molecule has 3 rings (SSSR count). The third-order valence-corrected chi connectivity index (χ3v) is 5.44. The van der Waals surface area contributed by atoms with E-state index in [1.54, 1.807) is 12.1 Å². The van der Waals surface area contributed by atoms with Crippen molar-refractivity contribution in [3.63, 3.8) is 0 Å². The number of hydrogen-bond acceptors (Lipinski definition) is 5. The van der Waals surface area contributed by atoms with Crippen LogP contribution in [0.4, 0.5) is 5.69 Å². The number of amides is 2. The monoisotopic (exact) mass is 399 g/mol. The highest BCUT2D eigenvalue weighted by Crippen LogP contribution is 2.20. The molecule has 7 heteroatoms. The highest BCUT2D eigenvalue weighted by Gasteiger charge is 2.28. The second-order valence-corrected chi connectivity index (χ2v) is 7.77. The number of hydrogen-bond donors (Lipinski definition) is 3. The van der Waals surface area contributed by atoms with Crippen molar-refractivity contribution in [2.45, 2.75) is 57.4 Å². The van der Waals surface area contributed by atoms with E-state index >= 15 is 0 Å². The van der Waals surface area contributed by atoms with Crippen LogP contribution >= 0.6 is 0 Å². The van der Waals surface area contributed by atoms with E-state index in [2.05, 4.69) is 21.1 Å². The summed E-state index contributed by atoms with van der Waals surface area (Å²) in [4.78, 5) is 24.4. The zero-order valence-electron chi connectivity index (χ0n) is 17.2. The molecule has 1 aromatic rings. The number of nitrogens with zero attached hydrogens (tertiary/aromatic N) is 2. The standard InChI is InChI=1S/C22H33N5O2/c28-21-17-20(26-27(21)19-11-5-2-6-12-19)22(29)25-14-8-7-13-23-15-16-24-18-9-3-1-4-10-18/h2,5-6,11-12,18,23-24H,1,3-4,7-10,13-17H2,(H,25,29). The number of carbonyl (C=O) groups is 2. The molecule has 1 aliphatic heterocycles. The Hall–Kier alpha value is -2.25. The molecule has 1 aromatic carbocycles. The third kappa shape index (κ3) is 6.94. The number of nitrogens with one attached hydrogen (secondary N) is 3. The van der Waals surface area contributed by atoms with Crippen LogP contribution in [-0.4, -0.2) is 49.7 Å². The van der Waals surface area contributed by atoms with Crippen molar-refractivity contribution < 1.29 is 9.59 Å². The molecule has 0 spiro atoms. The predicted molar refractivity (Wildman–Crippen MR) is 116 cm³/mol. The Bertz CT molecular complexity index is 686. The summed E-state index contributed by atoms with van der Waals surface area (Å²) in [6.45, 7) is 3.55. The summed E-state index contributed by atoms with van der Waals surface area (Å²) in [5, 5.41) is 15.4. The van der Waals surface area contributed by atoms with Gasteiger partial charge in [0.2, 0.25) is 0 Å². The van der Waals surface area contributed by atoms with Crippen molar-refractivity contribution in [3.8, 4) is 0 Å². The molecule has 0 unspecified atom stereocenters. The molecule has 1 heterocycles. The predicted octanol–water partition coefficient (Wildman–Crippen LogP) is 2.19. The Labute approximate surface area is 173 Å². The Morgan fingerprint density at radius 2 is 1.76 bits per heavy atom. The quantitative estimate of drug-likeness (QED) is 0.498. The summed E-state index contributed by atoms with van der Waals surface area (Å²) >= 11 is 0. The van der Waals surface area contributed by atoms with Crippen LogP contribution in [0.15, 0.2) is 35.4 Å². The second kappa shape index (κ2) is 11.7. The lowest BCUT2D eigenvalue weighted by molar-refractivity contribution is -0.118. The van der Waals surface area contributed by atoms with Gasteiger partial charge in [-0.1, -0.05) is 37.5 Å².